The highest BCUT2D eigenvalue weighted by Crippen LogP contribution is 2.38. The molecule has 0 aliphatic carbocycles. The van der Waals surface area contributed by atoms with Crippen molar-refractivity contribution in [3.8, 4) is 0 Å². The summed E-state index contributed by atoms with van der Waals surface area (Å²) in [6.45, 7) is 2.96. The van der Waals surface area contributed by atoms with Crippen molar-refractivity contribution in [2.75, 3.05) is 19.7 Å². The van der Waals surface area contributed by atoms with E-state index >= 15 is 0 Å². The van der Waals surface area contributed by atoms with Gasteiger partial charge in [-0.25, -0.2) is 14.4 Å². The van der Waals surface area contributed by atoms with E-state index in [1.54, 1.807) is 36.4 Å². The third kappa shape index (κ3) is 6.03. The molecule has 1 aliphatic rings. The second kappa shape index (κ2) is 10.1. The highest BCUT2D eigenvalue weighted by Gasteiger charge is 2.54. The van der Waals surface area contributed by atoms with E-state index in [9.17, 15) is 24.1 Å². The summed E-state index contributed by atoms with van der Waals surface area (Å²) in [5.41, 5.74) is 0.385. The molecule has 0 radical (unpaired) electrons. The molecule has 3 rings (SSSR count). The van der Waals surface area contributed by atoms with Crippen LogP contribution in [0.4, 0.5) is 0 Å². The molecule has 0 saturated carbocycles. The Bertz CT molecular complexity index is 1000. The van der Waals surface area contributed by atoms with Crippen molar-refractivity contribution in [2.45, 2.75) is 24.6 Å². The highest BCUT2D eigenvalue weighted by molar-refractivity contribution is 7.62. The SMILES string of the molecule is CP(C)(=O)CO[C@H]1O[C@@H](C(=O)O)[C@@H](OC(=O)c2ccccc2)C1OC(=O)c1ccccc1. The molecule has 9 nitrogen and oxygen atoms in total. The maximum Gasteiger partial charge on any atom is 0.338 e. The number of carbonyl (C=O) groups is 3. The normalized spacial score (nSPS) is 22.8. The van der Waals surface area contributed by atoms with Crippen LogP contribution < -0.4 is 0 Å². The topological polar surface area (TPSA) is 125 Å². The molecule has 2 aromatic rings. The molecule has 10 heteroatoms. The van der Waals surface area contributed by atoms with Crippen LogP contribution in [0.5, 0.6) is 0 Å². The van der Waals surface area contributed by atoms with E-state index in [1.165, 1.54) is 37.6 Å². The molecule has 0 bridgehead atoms. The Kier molecular flexibility index (Phi) is 7.45. The van der Waals surface area contributed by atoms with E-state index < -0.39 is 49.7 Å². The number of hydrogen-bond acceptors (Lipinski definition) is 8. The van der Waals surface area contributed by atoms with E-state index in [-0.39, 0.29) is 17.5 Å². The van der Waals surface area contributed by atoms with Crippen molar-refractivity contribution in [1.82, 2.24) is 0 Å². The largest absolute Gasteiger partial charge is 0.479 e. The molecule has 1 saturated heterocycles. The Labute approximate surface area is 184 Å². The second-order valence-corrected chi connectivity index (χ2v) is 11.0. The van der Waals surface area contributed by atoms with E-state index in [0.29, 0.717) is 0 Å². The van der Waals surface area contributed by atoms with Gasteiger partial charge in [0.25, 0.3) is 0 Å². The van der Waals surface area contributed by atoms with Crippen molar-refractivity contribution < 1.29 is 43.0 Å². The zero-order valence-electron chi connectivity index (χ0n) is 17.5. The Balaban J connectivity index is 1.88. The standard InChI is InChI=1S/C22H23O9P/c1-32(2,27)13-28-22-18(30-21(26)15-11-7-4-8-12-15)16(17(31-22)19(23)24)29-20(25)14-9-5-3-6-10-14/h3-12,16-18,22H,13H2,1-2H3,(H,23,24)/t16-,17-,18?,22+/m1/s1. The van der Waals surface area contributed by atoms with Gasteiger partial charge in [0, 0.05) is 0 Å². The number of carbonyl (C=O) groups excluding carboxylic acids is 2. The Hall–Kier alpha value is -3.00. The van der Waals surface area contributed by atoms with Crippen molar-refractivity contribution >= 4 is 25.0 Å². The predicted molar refractivity (Wildman–Crippen MR) is 113 cm³/mol. The van der Waals surface area contributed by atoms with Gasteiger partial charge < -0.3 is 28.6 Å². The zero-order chi connectivity index (χ0) is 23.3. The quantitative estimate of drug-likeness (QED) is 0.466. The molecular formula is C22H23O9P. The van der Waals surface area contributed by atoms with Crippen LogP contribution in [0.25, 0.3) is 0 Å². The van der Waals surface area contributed by atoms with Crippen LogP contribution in [0, 0.1) is 0 Å². The average molecular weight is 462 g/mol. The van der Waals surface area contributed by atoms with Crippen molar-refractivity contribution in [1.29, 1.82) is 0 Å². The number of carboxylic acids is 1. The van der Waals surface area contributed by atoms with Gasteiger partial charge in [-0.05, 0) is 37.6 Å². The van der Waals surface area contributed by atoms with Crippen molar-refractivity contribution in [3.63, 3.8) is 0 Å². The molecule has 32 heavy (non-hydrogen) atoms. The molecule has 0 aromatic heterocycles. The number of aliphatic carboxylic acids is 1. The number of benzene rings is 2. The first-order valence-corrected chi connectivity index (χ1v) is 12.5. The maximum atomic E-state index is 12.6. The number of rotatable bonds is 8. The van der Waals surface area contributed by atoms with Crippen LogP contribution in [0.2, 0.25) is 0 Å². The van der Waals surface area contributed by atoms with Crippen molar-refractivity contribution in [2.24, 2.45) is 0 Å². The van der Waals surface area contributed by atoms with Crippen LogP contribution in [0.3, 0.4) is 0 Å². The lowest BCUT2D eigenvalue weighted by molar-refractivity contribution is -0.174. The molecule has 1 aliphatic heterocycles. The summed E-state index contributed by atoms with van der Waals surface area (Å²) in [4.78, 5) is 37.1. The first kappa shape index (κ1) is 23.7. The second-order valence-electron chi connectivity index (χ2n) is 7.60. The third-order valence-corrected chi connectivity index (χ3v) is 5.24. The van der Waals surface area contributed by atoms with Gasteiger partial charge in [-0.3, -0.25) is 0 Å². The lowest BCUT2D eigenvalue weighted by atomic mass is 10.1. The fourth-order valence-corrected chi connectivity index (χ4v) is 3.50. The molecule has 1 N–H and O–H groups in total. The summed E-state index contributed by atoms with van der Waals surface area (Å²) in [5, 5.41) is 9.61. The lowest BCUT2D eigenvalue weighted by Gasteiger charge is -2.24. The fourth-order valence-electron chi connectivity index (χ4n) is 3.00. The predicted octanol–water partition coefficient (Wildman–Crippen LogP) is 2.84. The van der Waals surface area contributed by atoms with E-state index in [4.69, 9.17) is 18.9 Å². The van der Waals surface area contributed by atoms with Gasteiger partial charge in [-0.2, -0.15) is 0 Å². The van der Waals surface area contributed by atoms with E-state index in [1.807, 2.05) is 0 Å². The highest BCUT2D eigenvalue weighted by atomic mass is 31.2. The molecule has 1 fully saturated rings. The summed E-state index contributed by atoms with van der Waals surface area (Å²) < 4.78 is 33.9. The monoisotopic (exact) mass is 462 g/mol. The molecule has 4 atom stereocenters. The molecule has 0 spiro atoms. The summed E-state index contributed by atoms with van der Waals surface area (Å²) >= 11 is 0. The van der Waals surface area contributed by atoms with Gasteiger partial charge in [0.2, 0.25) is 0 Å². The summed E-state index contributed by atoms with van der Waals surface area (Å²) in [6, 6.07) is 15.9. The molecular weight excluding hydrogens is 439 g/mol. The average Bonchev–Trinajstić information content (AvgIpc) is 3.10. The van der Waals surface area contributed by atoms with Gasteiger partial charge in [-0.1, -0.05) is 36.4 Å². The van der Waals surface area contributed by atoms with E-state index in [0.717, 1.165) is 0 Å². The number of esters is 2. The third-order valence-electron chi connectivity index (χ3n) is 4.47. The first-order chi connectivity index (χ1) is 15.2. The van der Waals surface area contributed by atoms with Gasteiger partial charge in [-0.15, -0.1) is 0 Å². The van der Waals surface area contributed by atoms with Crippen LogP contribution in [-0.2, 0) is 28.3 Å². The maximum absolute atomic E-state index is 12.6. The summed E-state index contributed by atoms with van der Waals surface area (Å²) in [6.07, 6.45) is -6.20. The minimum absolute atomic E-state index is 0.181. The Morgan fingerprint density at radius 1 is 0.875 bits per heavy atom. The summed E-state index contributed by atoms with van der Waals surface area (Å²) in [5.74, 6) is -3.03. The number of ether oxygens (including phenoxy) is 4. The molecule has 1 unspecified atom stereocenters. The van der Waals surface area contributed by atoms with Crippen LogP contribution in [0.15, 0.2) is 60.7 Å². The molecule has 170 valence electrons. The molecule has 0 amide bonds. The zero-order valence-corrected chi connectivity index (χ0v) is 18.3. The minimum Gasteiger partial charge on any atom is -0.479 e. The lowest BCUT2D eigenvalue weighted by Crippen LogP contribution is -2.43. The minimum atomic E-state index is -2.67. The number of carboxylic acid groups (broad SMARTS) is 1. The fraction of sp³-hybridized carbons (Fsp3) is 0.318. The summed E-state index contributed by atoms with van der Waals surface area (Å²) in [7, 11) is -2.67. The molecule has 1 heterocycles. The van der Waals surface area contributed by atoms with Crippen molar-refractivity contribution in [3.05, 3.63) is 71.8 Å². The van der Waals surface area contributed by atoms with Crippen LogP contribution in [0.1, 0.15) is 20.7 Å². The Morgan fingerprint density at radius 2 is 1.34 bits per heavy atom. The van der Waals surface area contributed by atoms with Gasteiger partial charge in [0.15, 0.2) is 24.6 Å². The van der Waals surface area contributed by atoms with Gasteiger partial charge >= 0.3 is 17.9 Å². The first-order valence-electron chi connectivity index (χ1n) is 9.71. The smallest absolute Gasteiger partial charge is 0.338 e. The van der Waals surface area contributed by atoms with Gasteiger partial charge in [0.05, 0.1) is 11.1 Å². The molecule has 2 aromatic carbocycles. The van der Waals surface area contributed by atoms with Crippen LogP contribution in [-0.4, -0.2) is 67.3 Å². The van der Waals surface area contributed by atoms with Crippen LogP contribution >= 0.6 is 7.14 Å². The van der Waals surface area contributed by atoms with Gasteiger partial charge in [0.1, 0.15) is 13.5 Å². The Morgan fingerprint density at radius 3 is 1.78 bits per heavy atom. The number of hydrogen-bond donors (Lipinski definition) is 1. The van der Waals surface area contributed by atoms with E-state index in [2.05, 4.69) is 0 Å².